The minimum absolute atomic E-state index is 0.322. The molecule has 3 rings (SSSR count). The molecule has 19 heavy (non-hydrogen) atoms. The van der Waals surface area contributed by atoms with Crippen molar-refractivity contribution in [3.63, 3.8) is 0 Å². The van der Waals surface area contributed by atoms with Crippen molar-refractivity contribution in [3.8, 4) is 0 Å². The number of aliphatic hydroxyl groups excluding tert-OH is 1. The molecule has 3 heterocycles. The first-order chi connectivity index (χ1) is 8.98. The smallest absolute Gasteiger partial charge is 0.330 e. The molecule has 2 N–H and O–H groups in total. The van der Waals surface area contributed by atoms with E-state index < -0.39 is 35.3 Å². The van der Waals surface area contributed by atoms with Crippen LogP contribution in [0.4, 0.5) is 0 Å². The maximum Gasteiger partial charge on any atom is 0.330 e. The second-order valence-electron chi connectivity index (χ2n) is 5.13. The van der Waals surface area contributed by atoms with Crippen LogP contribution in [-0.4, -0.2) is 39.1 Å². The van der Waals surface area contributed by atoms with Crippen molar-refractivity contribution in [1.29, 1.82) is 0 Å². The van der Waals surface area contributed by atoms with Gasteiger partial charge in [-0.1, -0.05) is 6.92 Å². The average Bonchev–Trinajstić information content (AvgIpc) is 2.85. The molecule has 2 aliphatic rings. The third-order valence-corrected chi connectivity index (χ3v) is 4.03. The van der Waals surface area contributed by atoms with Crippen LogP contribution in [0, 0.1) is 6.92 Å². The van der Waals surface area contributed by atoms with Gasteiger partial charge in [-0.05, 0) is 13.3 Å². The van der Waals surface area contributed by atoms with Crippen molar-refractivity contribution in [2.45, 2.75) is 44.3 Å². The number of rotatable bonds is 2. The number of aliphatic hydroxyl groups is 1. The monoisotopic (exact) mass is 268 g/mol. The first-order valence-corrected chi connectivity index (χ1v) is 6.28. The van der Waals surface area contributed by atoms with Gasteiger partial charge in [-0.25, -0.2) is 4.79 Å². The Bertz CT molecular complexity index is 621. The predicted molar refractivity (Wildman–Crippen MR) is 65.0 cm³/mol. The van der Waals surface area contributed by atoms with Crippen LogP contribution in [-0.2, 0) is 9.47 Å². The van der Waals surface area contributed by atoms with Gasteiger partial charge in [0, 0.05) is 11.8 Å². The van der Waals surface area contributed by atoms with Gasteiger partial charge >= 0.3 is 5.69 Å². The molecule has 7 nitrogen and oxygen atoms in total. The van der Waals surface area contributed by atoms with Crippen molar-refractivity contribution in [2.75, 3.05) is 6.61 Å². The number of H-pyrrole nitrogens is 1. The lowest BCUT2D eigenvalue weighted by Crippen LogP contribution is -2.41. The molecule has 2 bridgehead atoms. The summed E-state index contributed by atoms with van der Waals surface area (Å²) in [5.41, 5.74) is -1.32. The SMILES string of the molecule is CC[C@@]12CO[C@@H]([C@@H](n3cc(C)c(=O)[nH]c3=O)O1)[C@@H]2O. The molecule has 0 aromatic carbocycles. The Balaban J connectivity index is 2.04. The number of aryl methyl sites for hydroxylation is 1. The van der Waals surface area contributed by atoms with E-state index in [9.17, 15) is 14.7 Å². The third kappa shape index (κ3) is 1.62. The van der Waals surface area contributed by atoms with E-state index >= 15 is 0 Å². The van der Waals surface area contributed by atoms with E-state index in [2.05, 4.69) is 4.98 Å². The first-order valence-electron chi connectivity index (χ1n) is 6.28. The molecule has 0 saturated carbocycles. The van der Waals surface area contributed by atoms with Crippen molar-refractivity contribution in [2.24, 2.45) is 0 Å². The molecule has 0 unspecified atom stereocenters. The standard InChI is InChI=1S/C12H16N2O5/c1-3-12-5-18-7(8(12)15)10(19-12)14-4-6(2)9(16)13-11(14)17/h4,7-8,10,15H,3,5H2,1-2H3,(H,13,16,17)/t7-,8+,10+,12+/m1/s1. The number of hydrogen-bond acceptors (Lipinski definition) is 5. The fraction of sp³-hybridized carbons (Fsp3) is 0.667. The highest BCUT2D eigenvalue weighted by atomic mass is 16.6. The summed E-state index contributed by atoms with van der Waals surface area (Å²) < 4.78 is 12.6. The van der Waals surface area contributed by atoms with Crippen LogP contribution >= 0.6 is 0 Å². The zero-order valence-corrected chi connectivity index (χ0v) is 10.8. The van der Waals surface area contributed by atoms with Crippen LogP contribution in [0.2, 0.25) is 0 Å². The van der Waals surface area contributed by atoms with Gasteiger partial charge in [0.25, 0.3) is 5.56 Å². The number of hydrogen-bond donors (Lipinski definition) is 2. The maximum absolute atomic E-state index is 11.8. The second kappa shape index (κ2) is 4.03. The van der Waals surface area contributed by atoms with Gasteiger partial charge in [0.1, 0.15) is 17.8 Å². The summed E-state index contributed by atoms with van der Waals surface area (Å²) >= 11 is 0. The summed E-state index contributed by atoms with van der Waals surface area (Å²) in [7, 11) is 0. The van der Waals surface area contributed by atoms with Gasteiger partial charge in [0.05, 0.1) is 6.61 Å². The Hall–Kier alpha value is -1.44. The van der Waals surface area contributed by atoms with E-state index in [1.165, 1.54) is 10.8 Å². The quantitative estimate of drug-likeness (QED) is 0.738. The van der Waals surface area contributed by atoms with Gasteiger partial charge in [0.15, 0.2) is 6.23 Å². The molecule has 1 aromatic rings. The van der Waals surface area contributed by atoms with Crippen LogP contribution in [0.15, 0.2) is 15.8 Å². The average molecular weight is 268 g/mol. The number of ether oxygens (including phenoxy) is 2. The van der Waals surface area contributed by atoms with Gasteiger partial charge in [-0.2, -0.15) is 0 Å². The van der Waals surface area contributed by atoms with Crippen molar-refractivity contribution >= 4 is 0 Å². The summed E-state index contributed by atoms with van der Waals surface area (Å²) in [5, 5.41) is 10.2. The Morgan fingerprint density at radius 1 is 1.58 bits per heavy atom. The first kappa shape index (κ1) is 12.6. The van der Waals surface area contributed by atoms with Crippen molar-refractivity contribution < 1.29 is 14.6 Å². The summed E-state index contributed by atoms with van der Waals surface area (Å²) in [4.78, 5) is 25.4. The van der Waals surface area contributed by atoms with E-state index in [-0.39, 0.29) is 0 Å². The van der Waals surface area contributed by atoms with Crippen LogP contribution < -0.4 is 11.2 Å². The minimum atomic E-state index is -0.762. The molecule has 2 saturated heterocycles. The summed E-state index contributed by atoms with van der Waals surface area (Å²) in [6.45, 7) is 3.83. The highest BCUT2D eigenvalue weighted by Gasteiger charge is 2.60. The topological polar surface area (TPSA) is 93.6 Å². The van der Waals surface area contributed by atoms with E-state index in [0.29, 0.717) is 18.6 Å². The molecule has 0 aliphatic carbocycles. The second-order valence-corrected chi connectivity index (χ2v) is 5.13. The van der Waals surface area contributed by atoms with E-state index in [1.54, 1.807) is 6.92 Å². The number of nitrogens with zero attached hydrogens (tertiary/aromatic N) is 1. The van der Waals surface area contributed by atoms with Crippen LogP contribution in [0.1, 0.15) is 25.1 Å². The van der Waals surface area contributed by atoms with Gasteiger partial charge in [0.2, 0.25) is 0 Å². The summed E-state index contributed by atoms with van der Waals surface area (Å²) in [6, 6.07) is 0. The Morgan fingerprint density at radius 3 is 2.95 bits per heavy atom. The molecule has 4 atom stereocenters. The normalized spacial score (nSPS) is 36.9. The predicted octanol–water partition coefficient (Wildman–Crippen LogP) is -0.718. The number of fused-ring (bicyclic) bond motifs is 2. The number of nitrogens with one attached hydrogen (secondary N) is 1. The molecule has 0 spiro atoms. The lowest BCUT2D eigenvalue weighted by Gasteiger charge is -2.30. The van der Waals surface area contributed by atoms with E-state index in [4.69, 9.17) is 9.47 Å². The molecule has 2 fully saturated rings. The van der Waals surface area contributed by atoms with Crippen molar-refractivity contribution in [3.05, 3.63) is 32.6 Å². The molecular weight excluding hydrogens is 252 g/mol. The molecular formula is C12H16N2O5. The Kier molecular flexibility index (Phi) is 2.67. The molecule has 7 heteroatoms. The van der Waals surface area contributed by atoms with Crippen LogP contribution in [0.3, 0.4) is 0 Å². The highest BCUT2D eigenvalue weighted by Crippen LogP contribution is 2.46. The molecule has 0 amide bonds. The molecule has 104 valence electrons. The van der Waals surface area contributed by atoms with Gasteiger partial charge in [-0.3, -0.25) is 14.3 Å². The van der Waals surface area contributed by atoms with E-state index in [1.807, 2.05) is 6.92 Å². The third-order valence-electron chi connectivity index (χ3n) is 4.03. The van der Waals surface area contributed by atoms with Crippen LogP contribution in [0.25, 0.3) is 0 Å². The zero-order chi connectivity index (χ0) is 13.8. The zero-order valence-electron chi connectivity index (χ0n) is 10.8. The Morgan fingerprint density at radius 2 is 2.32 bits per heavy atom. The van der Waals surface area contributed by atoms with Gasteiger partial charge < -0.3 is 14.6 Å². The number of aromatic amines is 1. The maximum atomic E-state index is 11.8. The largest absolute Gasteiger partial charge is 0.387 e. The minimum Gasteiger partial charge on any atom is -0.387 e. The fourth-order valence-corrected chi connectivity index (χ4v) is 2.75. The Labute approximate surface area is 108 Å². The van der Waals surface area contributed by atoms with E-state index in [0.717, 1.165) is 0 Å². The summed E-state index contributed by atoms with van der Waals surface area (Å²) in [6.07, 6.45) is -0.0131. The fourth-order valence-electron chi connectivity index (χ4n) is 2.75. The molecule has 0 radical (unpaired) electrons. The molecule has 1 aromatic heterocycles. The highest BCUT2D eigenvalue weighted by molar-refractivity contribution is 5.08. The summed E-state index contributed by atoms with van der Waals surface area (Å²) in [5.74, 6) is 0. The number of aromatic nitrogens is 2. The lowest BCUT2D eigenvalue weighted by atomic mass is 9.96. The lowest BCUT2D eigenvalue weighted by molar-refractivity contribution is -0.175. The van der Waals surface area contributed by atoms with Crippen molar-refractivity contribution in [1.82, 2.24) is 9.55 Å². The van der Waals surface area contributed by atoms with Crippen LogP contribution in [0.5, 0.6) is 0 Å². The molecule has 2 aliphatic heterocycles. The van der Waals surface area contributed by atoms with Gasteiger partial charge in [-0.15, -0.1) is 0 Å².